The second-order valence-electron chi connectivity index (χ2n) is 5.92. The van der Waals surface area contributed by atoms with Crippen LogP contribution in [0.15, 0.2) is 29.2 Å². The largest absolute Gasteiger partial charge is 0.381 e. The molecule has 1 unspecified atom stereocenters. The van der Waals surface area contributed by atoms with E-state index in [-0.39, 0.29) is 11.8 Å². The lowest BCUT2D eigenvalue weighted by Gasteiger charge is -2.18. The third-order valence-corrected chi connectivity index (χ3v) is 5.96. The van der Waals surface area contributed by atoms with E-state index in [9.17, 15) is 8.42 Å². The maximum absolute atomic E-state index is 12.2. The van der Waals surface area contributed by atoms with Crippen molar-refractivity contribution < 1.29 is 8.42 Å². The van der Waals surface area contributed by atoms with Crippen LogP contribution in [0.5, 0.6) is 0 Å². The zero-order valence-corrected chi connectivity index (χ0v) is 15.2. The molecule has 0 bridgehead atoms. The van der Waals surface area contributed by atoms with Gasteiger partial charge in [0.15, 0.2) is 9.84 Å². The zero-order valence-electron chi connectivity index (χ0n) is 14.4. The van der Waals surface area contributed by atoms with E-state index in [0.717, 1.165) is 17.8 Å². The Morgan fingerprint density at radius 3 is 2.48 bits per heavy atom. The predicted octanol–water partition coefficient (Wildman–Crippen LogP) is 2.87. The molecule has 0 saturated carbocycles. The molecule has 0 aliphatic heterocycles. The summed E-state index contributed by atoms with van der Waals surface area (Å²) in [6.45, 7) is 7.78. The molecule has 0 spiro atoms. The molecule has 1 heterocycles. The molecule has 2 rings (SSSR count). The van der Waals surface area contributed by atoms with Crippen LogP contribution in [-0.4, -0.2) is 30.0 Å². The Labute approximate surface area is 138 Å². The Kier molecular flexibility index (Phi) is 5.14. The monoisotopic (exact) mass is 335 g/mol. The third kappa shape index (κ3) is 3.75. The highest BCUT2D eigenvalue weighted by molar-refractivity contribution is 7.91. The van der Waals surface area contributed by atoms with E-state index in [1.54, 1.807) is 19.1 Å². The number of para-hydroxylation sites is 1. The molecule has 1 aromatic heterocycles. The average Bonchev–Trinajstić information content (AvgIpc) is 2.74. The van der Waals surface area contributed by atoms with E-state index in [1.807, 2.05) is 30.8 Å². The molecule has 0 saturated heterocycles. The molecular weight excluding hydrogens is 310 g/mol. The minimum Gasteiger partial charge on any atom is -0.381 e. The molecule has 0 radical (unpaired) electrons. The molecule has 126 valence electrons. The number of nitrogens with zero attached hydrogens (tertiary/aromatic N) is 2. The predicted molar refractivity (Wildman–Crippen MR) is 93.6 cm³/mol. The summed E-state index contributed by atoms with van der Waals surface area (Å²) in [7, 11) is -1.30. The van der Waals surface area contributed by atoms with Crippen molar-refractivity contribution in [1.29, 1.82) is 0 Å². The Morgan fingerprint density at radius 1 is 1.26 bits per heavy atom. The highest BCUT2D eigenvalue weighted by atomic mass is 32.2. The summed E-state index contributed by atoms with van der Waals surface area (Å²) in [5.74, 6) is 0.0981. The van der Waals surface area contributed by atoms with Crippen molar-refractivity contribution in [3.8, 4) is 0 Å². The van der Waals surface area contributed by atoms with E-state index in [1.165, 1.54) is 5.56 Å². The average molecular weight is 335 g/mol. The quantitative estimate of drug-likeness (QED) is 0.881. The fraction of sp³-hybridized carbons (Fsp3) is 0.471. The lowest BCUT2D eigenvalue weighted by Crippen LogP contribution is -2.20. The first-order chi connectivity index (χ1) is 10.8. The minimum atomic E-state index is -3.24. The van der Waals surface area contributed by atoms with Crippen LogP contribution in [0.3, 0.4) is 0 Å². The highest BCUT2D eigenvalue weighted by Crippen LogP contribution is 2.24. The summed E-state index contributed by atoms with van der Waals surface area (Å²) in [6, 6.07) is 7.19. The topological polar surface area (TPSA) is 64.0 Å². The normalized spacial score (nSPS) is 13.1. The Bertz CT molecular complexity index is 794. The molecule has 0 fully saturated rings. The lowest BCUT2D eigenvalue weighted by atomic mass is 10.1. The van der Waals surface area contributed by atoms with Crippen LogP contribution >= 0.6 is 0 Å². The van der Waals surface area contributed by atoms with Gasteiger partial charge in [0.2, 0.25) is 0 Å². The van der Waals surface area contributed by atoms with Gasteiger partial charge < -0.3 is 5.32 Å². The van der Waals surface area contributed by atoms with Gasteiger partial charge in [0.25, 0.3) is 0 Å². The number of aryl methyl sites for hydroxylation is 2. The van der Waals surface area contributed by atoms with E-state index < -0.39 is 9.84 Å². The van der Waals surface area contributed by atoms with Gasteiger partial charge in [-0.1, -0.05) is 19.1 Å². The Morgan fingerprint density at radius 2 is 1.91 bits per heavy atom. The summed E-state index contributed by atoms with van der Waals surface area (Å²) >= 11 is 0. The molecule has 0 aliphatic rings. The molecule has 1 atom stereocenters. The van der Waals surface area contributed by atoms with Gasteiger partial charge in [0.05, 0.1) is 22.0 Å². The van der Waals surface area contributed by atoms with Gasteiger partial charge in [-0.3, -0.25) is 4.68 Å². The van der Waals surface area contributed by atoms with Crippen molar-refractivity contribution >= 4 is 15.5 Å². The van der Waals surface area contributed by atoms with Crippen LogP contribution in [0.4, 0.5) is 5.69 Å². The van der Waals surface area contributed by atoms with Gasteiger partial charge in [-0.25, -0.2) is 8.42 Å². The number of aromatic nitrogens is 2. The number of sulfone groups is 1. The summed E-state index contributed by atoms with van der Waals surface area (Å²) < 4.78 is 26.3. The first kappa shape index (κ1) is 17.5. The first-order valence-electron chi connectivity index (χ1n) is 7.83. The van der Waals surface area contributed by atoms with Crippen molar-refractivity contribution in [2.45, 2.75) is 45.1 Å². The third-order valence-electron chi connectivity index (χ3n) is 4.17. The van der Waals surface area contributed by atoms with Gasteiger partial charge in [0.1, 0.15) is 0 Å². The number of benzene rings is 1. The number of nitrogens with one attached hydrogen (secondary N) is 1. The molecule has 23 heavy (non-hydrogen) atoms. The van der Waals surface area contributed by atoms with Crippen LogP contribution < -0.4 is 5.32 Å². The lowest BCUT2D eigenvalue weighted by molar-refractivity contribution is 0.597. The van der Waals surface area contributed by atoms with Gasteiger partial charge in [-0.05, 0) is 44.9 Å². The zero-order chi connectivity index (χ0) is 17.2. The number of anilines is 1. The van der Waals surface area contributed by atoms with Crippen LogP contribution in [0.25, 0.3) is 0 Å². The fourth-order valence-electron chi connectivity index (χ4n) is 2.75. The van der Waals surface area contributed by atoms with E-state index in [4.69, 9.17) is 0 Å². The van der Waals surface area contributed by atoms with Gasteiger partial charge in [-0.2, -0.15) is 5.10 Å². The van der Waals surface area contributed by atoms with Crippen molar-refractivity contribution in [2.75, 3.05) is 11.1 Å². The summed E-state index contributed by atoms with van der Waals surface area (Å²) in [5, 5.41) is 7.78. The van der Waals surface area contributed by atoms with E-state index in [0.29, 0.717) is 10.6 Å². The maximum atomic E-state index is 12.2. The smallest absolute Gasteiger partial charge is 0.180 e. The molecule has 1 N–H and O–H groups in total. The number of rotatable bonds is 6. The van der Waals surface area contributed by atoms with Gasteiger partial charge >= 0.3 is 0 Å². The van der Waals surface area contributed by atoms with Gasteiger partial charge in [-0.15, -0.1) is 0 Å². The van der Waals surface area contributed by atoms with Crippen molar-refractivity contribution in [3.63, 3.8) is 0 Å². The molecular formula is C17H25N3O2S. The minimum absolute atomic E-state index is 0.0981. The Hall–Kier alpha value is -1.82. The maximum Gasteiger partial charge on any atom is 0.180 e. The van der Waals surface area contributed by atoms with Crippen molar-refractivity contribution in [3.05, 3.63) is 41.2 Å². The summed E-state index contributed by atoms with van der Waals surface area (Å²) in [4.78, 5) is 0.369. The highest BCUT2D eigenvalue weighted by Gasteiger charge is 2.18. The van der Waals surface area contributed by atoms with Crippen LogP contribution in [0, 0.1) is 13.8 Å². The Balaban J connectivity index is 2.23. The standard InChI is InChI=1S/C17H25N3O2S/c1-6-23(21,22)17-10-8-7-9-16(17)18-12(2)11-15-13(3)19-20(5)14(15)4/h7-10,12,18H,6,11H2,1-5H3. The van der Waals surface area contributed by atoms with Crippen molar-refractivity contribution in [1.82, 2.24) is 9.78 Å². The van der Waals surface area contributed by atoms with E-state index >= 15 is 0 Å². The van der Waals surface area contributed by atoms with Crippen LogP contribution in [0.2, 0.25) is 0 Å². The second kappa shape index (κ2) is 6.74. The number of hydrogen-bond acceptors (Lipinski definition) is 4. The molecule has 0 aliphatic carbocycles. The van der Waals surface area contributed by atoms with Crippen LogP contribution in [-0.2, 0) is 23.3 Å². The van der Waals surface area contributed by atoms with Crippen LogP contribution in [0.1, 0.15) is 30.8 Å². The molecule has 2 aromatic rings. The number of hydrogen-bond donors (Lipinski definition) is 1. The first-order valence-corrected chi connectivity index (χ1v) is 9.49. The van der Waals surface area contributed by atoms with E-state index in [2.05, 4.69) is 24.3 Å². The molecule has 0 amide bonds. The molecule has 6 heteroatoms. The molecule has 1 aromatic carbocycles. The van der Waals surface area contributed by atoms with Gasteiger partial charge in [0, 0.05) is 18.8 Å². The summed E-state index contributed by atoms with van der Waals surface area (Å²) in [6.07, 6.45) is 0.798. The summed E-state index contributed by atoms with van der Waals surface area (Å²) in [5.41, 5.74) is 4.04. The second-order valence-corrected chi connectivity index (χ2v) is 8.17. The SMILES string of the molecule is CCS(=O)(=O)c1ccccc1NC(C)Cc1c(C)nn(C)c1C. The fourth-order valence-corrected chi connectivity index (χ4v) is 3.81. The van der Waals surface area contributed by atoms with Crippen molar-refractivity contribution in [2.24, 2.45) is 7.05 Å². The molecule has 5 nitrogen and oxygen atoms in total.